The van der Waals surface area contributed by atoms with Gasteiger partial charge >= 0.3 is 0 Å². The number of aryl methyl sites for hydroxylation is 1. The van der Waals surface area contributed by atoms with Crippen molar-refractivity contribution in [3.63, 3.8) is 0 Å². The Balaban J connectivity index is 2.73. The van der Waals surface area contributed by atoms with E-state index in [2.05, 4.69) is 15.3 Å². The molecule has 0 unspecified atom stereocenters. The number of fused-ring (bicyclic) bond motifs is 1. The van der Waals surface area contributed by atoms with Crippen LogP contribution >= 0.6 is 0 Å². The molecule has 0 amide bonds. The van der Waals surface area contributed by atoms with Gasteiger partial charge in [-0.25, -0.2) is 9.97 Å². The highest BCUT2D eigenvalue weighted by molar-refractivity contribution is 5.80. The average Bonchev–Trinajstić information content (AvgIpc) is 2.16. The monoisotopic (exact) mass is 188 g/mol. The maximum atomic E-state index is 5.71. The van der Waals surface area contributed by atoms with Crippen LogP contribution in [0.1, 0.15) is 5.56 Å². The van der Waals surface area contributed by atoms with Crippen LogP contribution in [-0.4, -0.2) is 17.0 Å². The summed E-state index contributed by atoms with van der Waals surface area (Å²) in [5.41, 5.74) is 8.56. The molecule has 1 aromatic carbocycles. The molecule has 3 N–H and O–H groups in total. The third-order valence-corrected chi connectivity index (χ3v) is 2.08. The fraction of sp³-hybridized carbons (Fsp3) is 0.200. The molecule has 2 rings (SSSR count). The minimum Gasteiger partial charge on any atom is -0.381 e. The summed E-state index contributed by atoms with van der Waals surface area (Å²) in [5.74, 6) is 1.06. The van der Waals surface area contributed by atoms with Crippen LogP contribution in [-0.2, 0) is 0 Å². The summed E-state index contributed by atoms with van der Waals surface area (Å²) >= 11 is 0. The predicted octanol–water partition coefficient (Wildman–Crippen LogP) is 1.56. The highest BCUT2D eigenvalue weighted by atomic mass is 15.0. The van der Waals surface area contributed by atoms with Crippen molar-refractivity contribution in [3.05, 3.63) is 23.8 Å². The predicted molar refractivity (Wildman–Crippen MR) is 58.2 cm³/mol. The van der Waals surface area contributed by atoms with Gasteiger partial charge < -0.3 is 11.1 Å². The largest absolute Gasteiger partial charge is 0.381 e. The molecule has 0 atom stereocenters. The highest BCUT2D eigenvalue weighted by Gasteiger charge is 2.03. The van der Waals surface area contributed by atoms with E-state index in [9.17, 15) is 0 Å². The lowest BCUT2D eigenvalue weighted by Crippen LogP contribution is -2.01. The van der Waals surface area contributed by atoms with Crippen molar-refractivity contribution in [2.75, 3.05) is 18.1 Å². The first-order valence-corrected chi connectivity index (χ1v) is 4.42. The summed E-state index contributed by atoms with van der Waals surface area (Å²) in [6.45, 7) is 2.02. The van der Waals surface area contributed by atoms with Gasteiger partial charge in [0.25, 0.3) is 0 Å². The number of aromatic nitrogens is 2. The summed E-state index contributed by atoms with van der Waals surface area (Å²) in [4.78, 5) is 8.60. The van der Waals surface area contributed by atoms with Crippen molar-refractivity contribution in [2.24, 2.45) is 0 Å². The molecule has 1 aromatic heterocycles. The second-order valence-electron chi connectivity index (χ2n) is 3.20. The van der Waals surface area contributed by atoms with Gasteiger partial charge in [0.2, 0.25) is 0 Å². The highest BCUT2D eigenvalue weighted by Crippen LogP contribution is 2.18. The first-order valence-electron chi connectivity index (χ1n) is 4.42. The van der Waals surface area contributed by atoms with E-state index < -0.39 is 0 Å². The first kappa shape index (κ1) is 8.74. The maximum Gasteiger partial charge on any atom is 0.169 e. The van der Waals surface area contributed by atoms with Crippen molar-refractivity contribution < 1.29 is 0 Å². The lowest BCUT2D eigenvalue weighted by atomic mass is 10.2. The molecule has 0 spiro atoms. The quantitative estimate of drug-likeness (QED) is 0.712. The summed E-state index contributed by atoms with van der Waals surface area (Å²) in [6.07, 6.45) is 0. The smallest absolute Gasteiger partial charge is 0.169 e. The fourth-order valence-electron chi connectivity index (χ4n) is 1.36. The van der Waals surface area contributed by atoms with E-state index in [1.807, 2.05) is 25.1 Å². The number of anilines is 2. The first-order chi connectivity index (χ1) is 6.70. The number of nitrogen functional groups attached to an aromatic ring is 1. The molecule has 4 heteroatoms. The average molecular weight is 188 g/mol. The molecule has 4 nitrogen and oxygen atoms in total. The molecular formula is C10H12N4. The molecule has 0 radical (unpaired) electrons. The molecule has 0 saturated heterocycles. The van der Waals surface area contributed by atoms with Gasteiger partial charge in [-0.05, 0) is 24.6 Å². The van der Waals surface area contributed by atoms with Gasteiger partial charge in [-0.15, -0.1) is 0 Å². The molecular weight excluding hydrogens is 176 g/mol. The number of hydrogen-bond donors (Lipinski definition) is 2. The number of hydrogen-bond acceptors (Lipinski definition) is 4. The Kier molecular flexibility index (Phi) is 1.96. The number of nitrogens with one attached hydrogen (secondary N) is 1. The van der Waals surface area contributed by atoms with E-state index in [1.165, 1.54) is 0 Å². The molecule has 14 heavy (non-hydrogen) atoms. The van der Waals surface area contributed by atoms with Crippen molar-refractivity contribution in [1.82, 2.24) is 9.97 Å². The van der Waals surface area contributed by atoms with Crippen LogP contribution in [0, 0.1) is 6.92 Å². The number of nitrogens with zero attached hydrogens (tertiary/aromatic N) is 2. The second-order valence-corrected chi connectivity index (χ2v) is 3.20. The second kappa shape index (κ2) is 3.14. The van der Waals surface area contributed by atoms with Crippen LogP contribution in [0.25, 0.3) is 11.0 Å². The third kappa shape index (κ3) is 1.35. The number of benzene rings is 1. The SMILES string of the molecule is CNc1nc2ccc(C)cc2nc1N. The lowest BCUT2D eigenvalue weighted by molar-refractivity contribution is 1.26. The summed E-state index contributed by atoms with van der Waals surface area (Å²) in [6, 6.07) is 5.92. The van der Waals surface area contributed by atoms with Crippen molar-refractivity contribution in [1.29, 1.82) is 0 Å². The zero-order valence-corrected chi connectivity index (χ0v) is 8.20. The Morgan fingerprint density at radius 3 is 2.71 bits per heavy atom. The Morgan fingerprint density at radius 2 is 2.00 bits per heavy atom. The van der Waals surface area contributed by atoms with Crippen LogP contribution in [0.4, 0.5) is 11.6 Å². The topological polar surface area (TPSA) is 63.8 Å². The van der Waals surface area contributed by atoms with Gasteiger partial charge in [0.1, 0.15) is 0 Å². The Morgan fingerprint density at radius 1 is 1.21 bits per heavy atom. The van der Waals surface area contributed by atoms with E-state index >= 15 is 0 Å². The molecule has 0 saturated carbocycles. The minimum atomic E-state index is 0.436. The van der Waals surface area contributed by atoms with E-state index in [4.69, 9.17) is 5.73 Å². The van der Waals surface area contributed by atoms with Crippen LogP contribution in [0.15, 0.2) is 18.2 Å². The van der Waals surface area contributed by atoms with E-state index in [0.29, 0.717) is 11.6 Å². The minimum absolute atomic E-state index is 0.436. The van der Waals surface area contributed by atoms with Crippen LogP contribution in [0.2, 0.25) is 0 Å². The molecule has 0 fully saturated rings. The van der Waals surface area contributed by atoms with Crippen molar-refractivity contribution >= 4 is 22.7 Å². The third-order valence-electron chi connectivity index (χ3n) is 2.08. The molecule has 0 aliphatic rings. The summed E-state index contributed by atoms with van der Waals surface area (Å²) in [7, 11) is 1.78. The van der Waals surface area contributed by atoms with Gasteiger partial charge in [-0.1, -0.05) is 6.07 Å². The lowest BCUT2D eigenvalue weighted by Gasteiger charge is -2.05. The van der Waals surface area contributed by atoms with Gasteiger partial charge in [-0.2, -0.15) is 0 Å². The van der Waals surface area contributed by atoms with E-state index in [-0.39, 0.29) is 0 Å². The zero-order valence-electron chi connectivity index (χ0n) is 8.20. The molecule has 0 aliphatic carbocycles. The normalized spacial score (nSPS) is 10.4. The Labute approximate surface area is 82.2 Å². The van der Waals surface area contributed by atoms with E-state index in [1.54, 1.807) is 7.05 Å². The molecule has 72 valence electrons. The van der Waals surface area contributed by atoms with Gasteiger partial charge in [0.05, 0.1) is 11.0 Å². The van der Waals surface area contributed by atoms with Crippen LogP contribution in [0.3, 0.4) is 0 Å². The van der Waals surface area contributed by atoms with E-state index in [0.717, 1.165) is 16.6 Å². The van der Waals surface area contributed by atoms with Crippen molar-refractivity contribution in [2.45, 2.75) is 6.92 Å². The Bertz CT molecular complexity index is 479. The maximum absolute atomic E-state index is 5.71. The van der Waals surface area contributed by atoms with Gasteiger partial charge in [0.15, 0.2) is 11.6 Å². The summed E-state index contributed by atoms with van der Waals surface area (Å²) < 4.78 is 0. The summed E-state index contributed by atoms with van der Waals surface area (Å²) in [5, 5.41) is 2.90. The standard InChI is InChI=1S/C10H12N4/c1-6-3-4-7-8(5-6)13-9(11)10(12-2)14-7/h3-5H,1-2H3,(H2,11,13)(H,12,14). The van der Waals surface area contributed by atoms with Gasteiger partial charge in [0, 0.05) is 7.05 Å². The van der Waals surface area contributed by atoms with Crippen LogP contribution in [0.5, 0.6) is 0 Å². The molecule has 2 aromatic rings. The molecule has 0 bridgehead atoms. The molecule has 0 aliphatic heterocycles. The van der Waals surface area contributed by atoms with Crippen molar-refractivity contribution in [3.8, 4) is 0 Å². The van der Waals surface area contributed by atoms with Crippen LogP contribution < -0.4 is 11.1 Å². The Hall–Kier alpha value is -1.84. The fourth-order valence-corrected chi connectivity index (χ4v) is 1.36. The van der Waals surface area contributed by atoms with Gasteiger partial charge in [-0.3, -0.25) is 0 Å². The number of nitrogens with two attached hydrogens (primary N) is 1. The molecule has 1 heterocycles. The zero-order chi connectivity index (χ0) is 10.1. The number of rotatable bonds is 1.